The molecule has 1 amide bonds. The summed E-state index contributed by atoms with van der Waals surface area (Å²) < 4.78 is 36.8. The summed E-state index contributed by atoms with van der Waals surface area (Å²) in [4.78, 5) is 27.6. The number of hydrogen-bond donors (Lipinski definition) is 1. The lowest BCUT2D eigenvalue weighted by Crippen LogP contribution is -2.49. The molecular weight excluding hydrogens is 468 g/mol. The number of aromatic nitrogens is 4. The summed E-state index contributed by atoms with van der Waals surface area (Å²) in [5.41, 5.74) is 1.75. The smallest absolute Gasteiger partial charge is 0.347 e. The predicted molar refractivity (Wildman–Crippen MR) is 131 cm³/mol. The van der Waals surface area contributed by atoms with E-state index in [2.05, 4.69) is 15.4 Å². The third-order valence-corrected chi connectivity index (χ3v) is 5.85. The highest BCUT2D eigenvalue weighted by Crippen LogP contribution is 2.31. The second-order valence-electron chi connectivity index (χ2n) is 9.06. The van der Waals surface area contributed by atoms with Gasteiger partial charge in [-0.15, -0.1) is 0 Å². The number of nitrogens with zero attached hydrogens (tertiary/aromatic N) is 4. The molecule has 0 spiro atoms. The fourth-order valence-corrected chi connectivity index (χ4v) is 3.91. The number of aryl methyl sites for hydroxylation is 1. The molecule has 0 aliphatic rings. The van der Waals surface area contributed by atoms with Crippen molar-refractivity contribution < 1.29 is 18.3 Å². The van der Waals surface area contributed by atoms with Gasteiger partial charge in [0.2, 0.25) is 0 Å². The molecule has 0 radical (unpaired) electrons. The van der Waals surface area contributed by atoms with Crippen LogP contribution >= 0.6 is 0 Å². The Morgan fingerprint density at radius 2 is 1.83 bits per heavy atom. The molecule has 0 unspecified atom stereocenters. The molecule has 10 heteroatoms. The predicted octanol–water partition coefficient (Wildman–Crippen LogP) is 4.04. The van der Waals surface area contributed by atoms with E-state index in [9.17, 15) is 18.4 Å². The number of ether oxygens (including phenoxy) is 1. The number of halogens is 2. The number of benzene rings is 2. The van der Waals surface area contributed by atoms with E-state index in [1.165, 1.54) is 10.8 Å². The van der Waals surface area contributed by atoms with Crippen molar-refractivity contribution in [1.29, 1.82) is 0 Å². The molecule has 0 aliphatic heterocycles. The molecule has 4 aromatic rings. The Balaban J connectivity index is 1.69. The summed E-state index contributed by atoms with van der Waals surface area (Å²) >= 11 is 0. The van der Waals surface area contributed by atoms with Gasteiger partial charge in [0.1, 0.15) is 17.5 Å². The lowest BCUT2D eigenvalue weighted by Gasteiger charge is -2.32. The van der Waals surface area contributed by atoms with E-state index < -0.39 is 24.0 Å². The van der Waals surface area contributed by atoms with Gasteiger partial charge in [0, 0.05) is 25.6 Å². The van der Waals surface area contributed by atoms with Gasteiger partial charge in [-0.3, -0.25) is 4.79 Å². The van der Waals surface area contributed by atoms with Crippen molar-refractivity contribution in [3.63, 3.8) is 0 Å². The maximum Gasteiger partial charge on any atom is 0.347 e. The van der Waals surface area contributed by atoms with Gasteiger partial charge in [-0.1, -0.05) is 44.2 Å². The molecule has 2 aromatic heterocycles. The monoisotopic (exact) mass is 495 g/mol. The second-order valence-corrected chi connectivity index (χ2v) is 9.06. The summed E-state index contributed by atoms with van der Waals surface area (Å²) in [6.07, 6.45) is 4.02. The Morgan fingerprint density at radius 1 is 1.11 bits per heavy atom. The quantitative estimate of drug-likeness (QED) is 0.399. The van der Waals surface area contributed by atoms with Gasteiger partial charge in [0.15, 0.2) is 0 Å². The van der Waals surface area contributed by atoms with Gasteiger partial charge in [-0.25, -0.2) is 9.48 Å². The third kappa shape index (κ3) is 5.27. The second kappa shape index (κ2) is 9.88. The zero-order valence-corrected chi connectivity index (χ0v) is 20.4. The molecule has 0 bridgehead atoms. The summed E-state index contributed by atoms with van der Waals surface area (Å²) in [6, 6.07) is 13.8. The zero-order valence-electron chi connectivity index (χ0n) is 20.4. The van der Waals surface area contributed by atoms with Crippen molar-refractivity contribution in [2.45, 2.75) is 38.8 Å². The van der Waals surface area contributed by atoms with Crippen LogP contribution in [0.4, 0.5) is 8.78 Å². The van der Waals surface area contributed by atoms with Crippen molar-refractivity contribution in [1.82, 2.24) is 24.6 Å². The molecule has 36 heavy (non-hydrogen) atoms. The molecule has 2 atom stereocenters. The number of fused-ring (bicyclic) bond motifs is 1. The van der Waals surface area contributed by atoms with Gasteiger partial charge in [-0.05, 0) is 29.7 Å². The first-order valence-corrected chi connectivity index (χ1v) is 11.5. The molecular formula is C26H27F2N5O3. The molecule has 188 valence electrons. The lowest BCUT2D eigenvalue weighted by atomic mass is 9.92. The Bertz CT molecular complexity index is 1430. The van der Waals surface area contributed by atoms with Crippen molar-refractivity contribution in [2.24, 2.45) is 13.0 Å². The lowest BCUT2D eigenvalue weighted by molar-refractivity contribution is -0.145. The van der Waals surface area contributed by atoms with E-state index in [-0.39, 0.29) is 11.6 Å². The maximum atomic E-state index is 13.7. The highest BCUT2D eigenvalue weighted by Gasteiger charge is 2.37. The van der Waals surface area contributed by atoms with E-state index >= 15 is 0 Å². The van der Waals surface area contributed by atoms with Crippen molar-refractivity contribution in [3.8, 4) is 11.4 Å². The third-order valence-electron chi connectivity index (χ3n) is 5.85. The van der Waals surface area contributed by atoms with E-state index in [0.717, 1.165) is 16.5 Å². The number of amides is 1. The molecule has 0 fully saturated rings. The van der Waals surface area contributed by atoms with Gasteiger partial charge in [-0.2, -0.15) is 18.9 Å². The maximum absolute atomic E-state index is 13.7. The Kier molecular flexibility index (Phi) is 6.87. The highest BCUT2D eigenvalue weighted by molar-refractivity contribution is 5.83. The van der Waals surface area contributed by atoms with Gasteiger partial charge in [0.05, 0.1) is 24.0 Å². The van der Waals surface area contributed by atoms with Crippen molar-refractivity contribution in [2.75, 3.05) is 0 Å². The van der Waals surface area contributed by atoms with Crippen LogP contribution in [0.15, 0.2) is 71.9 Å². The fourth-order valence-electron chi connectivity index (χ4n) is 3.91. The normalized spacial score (nSPS) is 13.5. The molecule has 2 aromatic carbocycles. The average Bonchev–Trinajstić information content (AvgIpc) is 3.26. The number of nitrogens with one attached hydrogen (secondary N) is 1. The van der Waals surface area contributed by atoms with Gasteiger partial charge < -0.3 is 14.6 Å². The first-order chi connectivity index (χ1) is 17.0. The minimum atomic E-state index is -3.52. The Morgan fingerprint density at radius 3 is 2.47 bits per heavy atom. The zero-order chi connectivity index (χ0) is 26.0. The van der Waals surface area contributed by atoms with Crippen LogP contribution < -0.4 is 15.7 Å². The molecule has 0 saturated carbocycles. The molecule has 1 N–H and O–H groups in total. The summed E-state index contributed by atoms with van der Waals surface area (Å²) in [6.45, 7) is 4.25. The van der Waals surface area contributed by atoms with Crippen LogP contribution in [0.2, 0.25) is 0 Å². The van der Waals surface area contributed by atoms with Gasteiger partial charge in [0.25, 0.3) is 5.91 Å². The molecule has 0 aliphatic carbocycles. The average molecular weight is 496 g/mol. The van der Waals surface area contributed by atoms with E-state index in [1.54, 1.807) is 36.3 Å². The number of carbonyl (C=O) groups is 1. The molecule has 0 saturated heterocycles. The molecule has 8 nitrogen and oxygen atoms in total. The van der Waals surface area contributed by atoms with Crippen LogP contribution in [0.5, 0.6) is 5.75 Å². The summed E-state index contributed by atoms with van der Waals surface area (Å²) in [5, 5.41) is 7.65. The van der Waals surface area contributed by atoms with Crippen LogP contribution in [0.25, 0.3) is 16.6 Å². The standard InChI is InChI=1S/C26H27F2N5O3/c1-16(2)22(31-24(34)26(3,27)28)23(17-8-6-5-7-9-17)36-20-10-11-21-18(12-20)13-30-33(21)19-14-29-25(35)32(4)15-19/h5-16,22-23H,1-4H3,(H,31,34)/t22-,23+/m0/s1. The van der Waals surface area contributed by atoms with Crippen LogP contribution in [-0.2, 0) is 11.8 Å². The van der Waals surface area contributed by atoms with E-state index in [1.807, 2.05) is 50.2 Å². The number of hydrogen-bond acceptors (Lipinski definition) is 5. The minimum absolute atomic E-state index is 0.204. The SMILES string of the molecule is CC(C)[C@H](NC(=O)C(C)(F)F)[C@H](Oc1ccc2c(cnn2-c2cnc(=O)n(C)c2)c1)c1ccccc1. The fraction of sp³-hybridized carbons (Fsp3) is 0.308. The highest BCUT2D eigenvalue weighted by atomic mass is 19.3. The summed E-state index contributed by atoms with van der Waals surface area (Å²) in [7, 11) is 1.61. The van der Waals surface area contributed by atoms with Gasteiger partial charge >= 0.3 is 11.6 Å². The van der Waals surface area contributed by atoms with Crippen LogP contribution in [0, 0.1) is 5.92 Å². The van der Waals surface area contributed by atoms with E-state index in [0.29, 0.717) is 18.4 Å². The number of rotatable bonds is 8. The van der Waals surface area contributed by atoms with Crippen molar-refractivity contribution in [3.05, 3.63) is 83.2 Å². The first-order valence-electron chi connectivity index (χ1n) is 11.5. The Labute approximate surface area is 206 Å². The number of carbonyl (C=O) groups excluding carboxylic acids is 1. The largest absolute Gasteiger partial charge is 0.484 e. The minimum Gasteiger partial charge on any atom is -0.484 e. The molecule has 4 rings (SSSR count). The summed E-state index contributed by atoms with van der Waals surface area (Å²) in [5.74, 6) is -4.59. The van der Waals surface area contributed by atoms with Crippen LogP contribution in [0.3, 0.4) is 0 Å². The van der Waals surface area contributed by atoms with Crippen molar-refractivity contribution >= 4 is 16.8 Å². The first kappa shape index (κ1) is 25.0. The molecule has 2 heterocycles. The van der Waals surface area contributed by atoms with E-state index in [4.69, 9.17) is 4.74 Å². The topological polar surface area (TPSA) is 91.0 Å². The number of alkyl halides is 2. The van der Waals surface area contributed by atoms with Crippen LogP contribution in [0.1, 0.15) is 32.4 Å². The van der Waals surface area contributed by atoms with Crippen LogP contribution in [-0.4, -0.2) is 37.2 Å². The Hall–Kier alpha value is -4.08.